The third-order valence-corrected chi connectivity index (χ3v) is 4.25. The molecule has 0 heterocycles. The maximum Gasteiger partial charge on any atom is 0.309 e. The number of hydrogen-bond acceptors (Lipinski definition) is 4. The van der Waals surface area contributed by atoms with Crippen molar-refractivity contribution in [2.24, 2.45) is 0 Å². The van der Waals surface area contributed by atoms with Crippen LogP contribution in [0.1, 0.15) is 64.7 Å². The number of aliphatic hydroxyl groups is 1. The standard InChI is InChI=1S/C23H38N2O4/c1-4-17-21(20(26)5-2)29-19-16-14-12-10-8-6-7-9-11-13-15-18-25-23(28)22(27)24-3/h4-5,7,9,17,26H,1,6,8,10-16,18-19H2,2-3H3,(H,24,27)(H,25,28)/b9-7-,20-5+,21-17+. The molecule has 0 saturated carbocycles. The molecule has 0 bridgehead atoms. The first-order chi connectivity index (χ1) is 14.1. The van der Waals surface area contributed by atoms with E-state index in [1.807, 2.05) is 0 Å². The highest BCUT2D eigenvalue weighted by molar-refractivity contribution is 6.34. The van der Waals surface area contributed by atoms with E-state index in [-0.39, 0.29) is 5.76 Å². The van der Waals surface area contributed by atoms with Gasteiger partial charge in [-0.1, -0.05) is 44.1 Å². The minimum Gasteiger partial charge on any atom is -0.504 e. The van der Waals surface area contributed by atoms with Crippen molar-refractivity contribution in [3.8, 4) is 0 Å². The highest BCUT2D eigenvalue weighted by atomic mass is 16.5. The van der Waals surface area contributed by atoms with Crippen molar-refractivity contribution in [1.29, 1.82) is 0 Å². The molecule has 0 aromatic rings. The van der Waals surface area contributed by atoms with E-state index in [0.717, 1.165) is 38.5 Å². The zero-order chi connectivity index (χ0) is 21.7. The van der Waals surface area contributed by atoms with Crippen LogP contribution < -0.4 is 10.6 Å². The summed E-state index contributed by atoms with van der Waals surface area (Å²) in [6.07, 6.45) is 18.9. The number of likely N-dealkylation sites (N-methyl/N-ethyl adjacent to an activating group) is 1. The predicted molar refractivity (Wildman–Crippen MR) is 118 cm³/mol. The Balaban J connectivity index is 3.50. The number of hydrogen-bond donors (Lipinski definition) is 3. The van der Waals surface area contributed by atoms with Gasteiger partial charge in [-0.05, 0) is 57.6 Å². The summed E-state index contributed by atoms with van der Waals surface area (Å²) in [5.41, 5.74) is 0. The minimum atomic E-state index is -0.598. The van der Waals surface area contributed by atoms with Crippen LogP contribution in [0.3, 0.4) is 0 Å². The SMILES string of the molecule is C=C/C=C(OCCCCCCC/C=C\CCCCNC(=O)C(=O)NC)\C(O)=C/C. The molecule has 0 unspecified atom stereocenters. The number of nitrogens with one attached hydrogen (secondary N) is 2. The smallest absolute Gasteiger partial charge is 0.309 e. The summed E-state index contributed by atoms with van der Waals surface area (Å²) in [4.78, 5) is 22.2. The van der Waals surface area contributed by atoms with Crippen molar-refractivity contribution in [2.45, 2.75) is 64.7 Å². The fourth-order valence-corrected chi connectivity index (χ4v) is 2.55. The number of ether oxygens (including phenoxy) is 1. The molecule has 0 aliphatic heterocycles. The van der Waals surface area contributed by atoms with Gasteiger partial charge in [0.25, 0.3) is 0 Å². The number of carbonyl (C=O) groups is 2. The second kappa shape index (κ2) is 18.8. The molecule has 0 rings (SSSR count). The molecule has 0 aromatic carbocycles. The zero-order valence-electron chi connectivity index (χ0n) is 18.0. The van der Waals surface area contributed by atoms with E-state index in [0.29, 0.717) is 18.9 Å². The number of amides is 2. The lowest BCUT2D eigenvalue weighted by atomic mass is 10.1. The fraction of sp³-hybridized carbons (Fsp3) is 0.565. The topological polar surface area (TPSA) is 87.7 Å². The minimum absolute atomic E-state index is 0.144. The van der Waals surface area contributed by atoms with Crippen molar-refractivity contribution in [2.75, 3.05) is 20.2 Å². The van der Waals surface area contributed by atoms with Gasteiger partial charge >= 0.3 is 11.8 Å². The lowest BCUT2D eigenvalue weighted by Gasteiger charge is -2.09. The largest absolute Gasteiger partial charge is 0.504 e. The van der Waals surface area contributed by atoms with Crippen molar-refractivity contribution >= 4 is 11.8 Å². The highest BCUT2D eigenvalue weighted by Crippen LogP contribution is 2.11. The number of rotatable bonds is 16. The van der Waals surface area contributed by atoms with Crippen molar-refractivity contribution in [3.05, 3.63) is 48.5 Å². The molecule has 3 N–H and O–H groups in total. The average Bonchev–Trinajstić information content (AvgIpc) is 2.74. The van der Waals surface area contributed by atoms with Crippen molar-refractivity contribution < 1.29 is 19.4 Å². The van der Waals surface area contributed by atoms with E-state index >= 15 is 0 Å². The molecule has 0 fully saturated rings. The van der Waals surface area contributed by atoms with E-state index in [4.69, 9.17) is 4.74 Å². The molecule has 0 aliphatic carbocycles. The number of unbranched alkanes of at least 4 members (excludes halogenated alkanes) is 7. The van der Waals surface area contributed by atoms with Gasteiger partial charge in [0.15, 0.2) is 11.5 Å². The van der Waals surface area contributed by atoms with E-state index < -0.39 is 11.8 Å². The van der Waals surface area contributed by atoms with Gasteiger partial charge in [0, 0.05) is 13.6 Å². The second-order valence-corrected chi connectivity index (χ2v) is 6.65. The summed E-state index contributed by atoms with van der Waals surface area (Å²) in [7, 11) is 1.44. The van der Waals surface area contributed by atoms with Crippen LogP contribution in [-0.4, -0.2) is 37.1 Å². The first-order valence-corrected chi connectivity index (χ1v) is 10.5. The van der Waals surface area contributed by atoms with Crippen LogP contribution >= 0.6 is 0 Å². The molecule has 0 aliphatic rings. The van der Waals surface area contributed by atoms with Gasteiger partial charge in [-0.2, -0.15) is 0 Å². The van der Waals surface area contributed by atoms with Crippen LogP contribution in [0.2, 0.25) is 0 Å². The van der Waals surface area contributed by atoms with Crippen LogP contribution in [-0.2, 0) is 14.3 Å². The van der Waals surface area contributed by atoms with Crippen LogP contribution in [0, 0.1) is 0 Å². The van der Waals surface area contributed by atoms with Crippen molar-refractivity contribution in [3.63, 3.8) is 0 Å². The first-order valence-electron chi connectivity index (χ1n) is 10.5. The Morgan fingerprint density at radius 1 is 0.966 bits per heavy atom. The molecule has 0 aromatic heterocycles. The van der Waals surface area contributed by atoms with Gasteiger partial charge in [-0.25, -0.2) is 0 Å². The Morgan fingerprint density at radius 3 is 2.21 bits per heavy atom. The van der Waals surface area contributed by atoms with E-state index in [9.17, 15) is 14.7 Å². The second-order valence-electron chi connectivity index (χ2n) is 6.65. The summed E-state index contributed by atoms with van der Waals surface area (Å²) in [6, 6.07) is 0. The Hall–Kier alpha value is -2.50. The summed E-state index contributed by atoms with van der Waals surface area (Å²) in [5, 5.41) is 14.6. The molecular formula is C23H38N2O4. The maximum absolute atomic E-state index is 11.2. The molecule has 29 heavy (non-hydrogen) atoms. The van der Waals surface area contributed by atoms with Gasteiger partial charge in [-0.3, -0.25) is 9.59 Å². The average molecular weight is 407 g/mol. The molecule has 0 radical (unpaired) electrons. The summed E-state index contributed by atoms with van der Waals surface area (Å²) < 4.78 is 5.58. The van der Waals surface area contributed by atoms with E-state index in [2.05, 4.69) is 29.4 Å². The molecule has 164 valence electrons. The van der Waals surface area contributed by atoms with Crippen LogP contribution in [0.15, 0.2) is 48.5 Å². The van der Waals surface area contributed by atoms with Gasteiger partial charge in [0.05, 0.1) is 6.61 Å². The quantitative estimate of drug-likeness (QED) is 0.116. The van der Waals surface area contributed by atoms with E-state index in [1.165, 1.54) is 26.3 Å². The number of allylic oxidation sites excluding steroid dienone is 5. The lowest BCUT2D eigenvalue weighted by Crippen LogP contribution is -2.38. The Kier molecular flexibility index (Phi) is 17.2. The monoisotopic (exact) mass is 406 g/mol. The molecule has 0 spiro atoms. The molecule has 2 amide bonds. The summed E-state index contributed by atoms with van der Waals surface area (Å²) >= 11 is 0. The fourth-order valence-electron chi connectivity index (χ4n) is 2.55. The summed E-state index contributed by atoms with van der Waals surface area (Å²) in [6.45, 7) is 6.51. The van der Waals surface area contributed by atoms with Crippen molar-refractivity contribution in [1.82, 2.24) is 10.6 Å². The van der Waals surface area contributed by atoms with Crippen LogP contribution in [0.4, 0.5) is 0 Å². The van der Waals surface area contributed by atoms with Gasteiger partial charge < -0.3 is 20.5 Å². The molecule has 6 heteroatoms. The third-order valence-electron chi connectivity index (χ3n) is 4.25. The van der Waals surface area contributed by atoms with Gasteiger partial charge in [0.1, 0.15) is 0 Å². The predicted octanol–water partition coefficient (Wildman–Crippen LogP) is 4.46. The number of aliphatic hydroxyl groups excluding tert-OH is 1. The molecule has 0 saturated heterocycles. The highest BCUT2D eigenvalue weighted by Gasteiger charge is 2.08. The normalized spacial score (nSPS) is 12.1. The molecule has 0 atom stereocenters. The maximum atomic E-state index is 11.2. The van der Waals surface area contributed by atoms with Gasteiger partial charge in [-0.15, -0.1) is 0 Å². The van der Waals surface area contributed by atoms with Crippen LogP contribution in [0.5, 0.6) is 0 Å². The van der Waals surface area contributed by atoms with Crippen LogP contribution in [0.25, 0.3) is 0 Å². The third kappa shape index (κ3) is 15.1. The van der Waals surface area contributed by atoms with E-state index in [1.54, 1.807) is 25.2 Å². The summed E-state index contributed by atoms with van der Waals surface area (Å²) in [5.74, 6) is -0.550. The van der Waals surface area contributed by atoms with Gasteiger partial charge in [0.2, 0.25) is 0 Å². The Labute approximate surface area is 175 Å². The Morgan fingerprint density at radius 2 is 1.59 bits per heavy atom. The molecule has 6 nitrogen and oxygen atoms in total. The lowest BCUT2D eigenvalue weighted by molar-refractivity contribution is -0.138. The Bertz CT molecular complexity index is 565. The molecular weight excluding hydrogens is 368 g/mol. The first kappa shape index (κ1) is 26.5. The number of carbonyl (C=O) groups excluding carboxylic acids is 2. The zero-order valence-corrected chi connectivity index (χ0v) is 18.0.